The first-order valence-electron chi connectivity index (χ1n) is 9.42. The molecule has 0 spiro atoms. The van der Waals surface area contributed by atoms with Crippen LogP contribution in [0.2, 0.25) is 0 Å². The average molecular weight is 376 g/mol. The highest BCUT2D eigenvalue weighted by Crippen LogP contribution is 2.21. The van der Waals surface area contributed by atoms with Crippen molar-refractivity contribution in [3.63, 3.8) is 0 Å². The summed E-state index contributed by atoms with van der Waals surface area (Å²) in [5.41, 5.74) is 2.68. The van der Waals surface area contributed by atoms with Crippen LogP contribution in [0.15, 0.2) is 77.4 Å². The van der Waals surface area contributed by atoms with Crippen molar-refractivity contribution in [3.05, 3.63) is 89.9 Å². The van der Waals surface area contributed by atoms with Crippen LogP contribution in [-0.4, -0.2) is 18.4 Å². The number of hydrogen-bond acceptors (Lipinski definition) is 3. The molecule has 3 aromatic rings. The van der Waals surface area contributed by atoms with Crippen molar-refractivity contribution >= 4 is 17.5 Å². The van der Waals surface area contributed by atoms with Gasteiger partial charge in [-0.3, -0.25) is 9.59 Å². The number of carbonyl (C=O) groups is 2. The summed E-state index contributed by atoms with van der Waals surface area (Å²) in [5.74, 6) is 0.0867. The summed E-state index contributed by atoms with van der Waals surface area (Å²) in [6, 6.07) is 20.7. The van der Waals surface area contributed by atoms with Gasteiger partial charge in [0.05, 0.1) is 19.2 Å². The third-order valence-electron chi connectivity index (χ3n) is 4.35. The van der Waals surface area contributed by atoms with E-state index in [0.29, 0.717) is 25.3 Å². The van der Waals surface area contributed by atoms with Crippen LogP contribution in [-0.2, 0) is 17.8 Å². The Labute approximate surface area is 165 Å². The normalized spacial score (nSPS) is 10.5. The van der Waals surface area contributed by atoms with Crippen LogP contribution in [0, 0.1) is 0 Å². The number of hydrogen-bond donors (Lipinski definition) is 1. The van der Waals surface area contributed by atoms with Gasteiger partial charge in [-0.15, -0.1) is 0 Å². The fourth-order valence-electron chi connectivity index (χ4n) is 2.89. The average Bonchev–Trinajstić information content (AvgIpc) is 3.26. The number of amides is 2. The van der Waals surface area contributed by atoms with Crippen molar-refractivity contribution < 1.29 is 14.0 Å². The first-order valence-corrected chi connectivity index (χ1v) is 9.42. The van der Waals surface area contributed by atoms with Gasteiger partial charge in [0.25, 0.3) is 5.91 Å². The zero-order valence-corrected chi connectivity index (χ0v) is 15.9. The second-order valence-corrected chi connectivity index (χ2v) is 6.55. The van der Waals surface area contributed by atoms with E-state index in [4.69, 9.17) is 4.42 Å². The second kappa shape index (κ2) is 9.55. The third-order valence-corrected chi connectivity index (χ3v) is 4.35. The molecule has 28 heavy (non-hydrogen) atoms. The summed E-state index contributed by atoms with van der Waals surface area (Å²) < 4.78 is 5.31. The van der Waals surface area contributed by atoms with Gasteiger partial charge < -0.3 is 14.6 Å². The van der Waals surface area contributed by atoms with Crippen LogP contribution in [0.3, 0.4) is 0 Å². The minimum atomic E-state index is -0.206. The van der Waals surface area contributed by atoms with Gasteiger partial charge >= 0.3 is 0 Å². The van der Waals surface area contributed by atoms with E-state index in [1.165, 1.54) is 6.26 Å². The van der Waals surface area contributed by atoms with Gasteiger partial charge in [0, 0.05) is 12.2 Å². The van der Waals surface area contributed by atoms with E-state index in [2.05, 4.69) is 5.32 Å². The Hall–Kier alpha value is -3.34. The van der Waals surface area contributed by atoms with Gasteiger partial charge in [-0.2, -0.15) is 0 Å². The highest BCUT2D eigenvalue weighted by Gasteiger charge is 2.20. The zero-order valence-electron chi connectivity index (χ0n) is 15.9. The molecule has 0 saturated carbocycles. The van der Waals surface area contributed by atoms with Crippen LogP contribution in [0.5, 0.6) is 0 Å². The minimum absolute atomic E-state index is 0.00223. The molecule has 5 heteroatoms. The molecule has 0 atom stereocenters. The predicted octanol–water partition coefficient (Wildman–Crippen LogP) is 4.20. The fraction of sp³-hybridized carbons (Fsp3) is 0.217. The Morgan fingerprint density at radius 3 is 2.32 bits per heavy atom. The highest BCUT2D eigenvalue weighted by molar-refractivity contribution is 6.04. The summed E-state index contributed by atoms with van der Waals surface area (Å²) in [6.07, 6.45) is 2.73. The van der Waals surface area contributed by atoms with E-state index in [9.17, 15) is 9.59 Å². The maximum atomic E-state index is 13.0. The molecule has 1 aromatic heterocycles. The first kappa shape index (κ1) is 19.4. The van der Waals surface area contributed by atoms with Gasteiger partial charge in [0.15, 0.2) is 5.76 Å². The van der Waals surface area contributed by atoms with Crippen molar-refractivity contribution in [1.29, 1.82) is 0 Å². The molecule has 5 nitrogen and oxygen atoms in total. The summed E-state index contributed by atoms with van der Waals surface area (Å²) in [5, 5.41) is 2.87. The molecule has 144 valence electrons. The zero-order chi connectivity index (χ0) is 19.8. The lowest BCUT2D eigenvalue weighted by atomic mass is 10.1. The Kier molecular flexibility index (Phi) is 6.63. The third kappa shape index (κ3) is 5.10. The van der Waals surface area contributed by atoms with Gasteiger partial charge in [0.1, 0.15) is 0 Å². The van der Waals surface area contributed by atoms with Gasteiger partial charge in [-0.25, -0.2) is 0 Å². The van der Waals surface area contributed by atoms with E-state index < -0.39 is 0 Å². The standard InChI is InChI=1S/C23H24N2O3/c1-2-14-24-22(26)16-18-10-12-20(13-11-18)25(17-19-7-4-3-5-8-19)23(27)21-9-6-15-28-21/h3-13,15H,2,14,16-17H2,1H3,(H,24,26). The van der Waals surface area contributed by atoms with E-state index in [-0.39, 0.29) is 11.8 Å². The summed E-state index contributed by atoms with van der Waals surface area (Å²) >= 11 is 0. The van der Waals surface area contributed by atoms with Gasteiger partial charge in [-0.1, -0.05) is 49.4 Å². The van der Waals surface area contributed by atoms with Crippen molar-refractivity contribution in [1.82, 2.24) is 5.32 Å². The molecule has 0 aliphatic rings. The Bertz CT molecular complexity index is 887. The van der Waals surface area contributed by atoms with Crippen molar-refractivity contribution in [3.8, 4) is 0 Å². The molecule has 0 aliphatic carbocycles. The molecular formula is C23H24N2O3. The van der Waals surface area contributed by atoms with Crippen molar-refractivity contribution in [2.24, 2.45) is 0 Å². The second-order valence-electron chi connectivity index (χ2n) is 6.55. The number of anilines is 1. The number of benzene rings is 2. The Balaban J connectivity index is 1.79. The van der Waals surface area contributed by atoms with E-state index in [1.54, 1.807) is 17.0 Å². The number of nitrogens with zero attached hydrogens (tertiary/aromatic N) is 1. The minimum Gasteiger partial charge on any atom is -0.459 e. The van der Waals surface area contributed by atoms with Crippen LogP contribution in [0.25, 0.3) is 0 Å². The summed E-state index contributed by atoms with van der Waals surface area (Å²) in [6.45, 7) is 3.13. The molecule has 2 amide bonds. The molecule has 0 aliphatic heterocycles. The molecule has 0 saturated heterocycles. The van der Waals surface area contributed by atoms with Crippen LogP contribution in [0.1, 0.15) is 35.0 Å². The topological polar surface area (TPSA) is 62.6 Å². The molecule has 0 radical (unpaired) electrons. The smallest absolute Gasteiger partial charge is 0.294 e. The first-order chi connectivity index (χ1) is 13.7. The maximum absolute atomic E-state index is 13.0. The van der Waals surface area contributed by atoms with Gasteiger partial charge in [0.2, 0.25) is 5.91 Å². The number of furan rings is 1. The molecule has 0 bridgehead atoms. The number of nitrogens with one attached hydrogen (secondary N) is 1. The maximum Gasteiger partial charge on any atom is 0.294 e. The largest absolute Gasteiger partial charge is 0.459 e. The SMILES string of the molecule is CCCNC(=O)Cc1ccc(N(Cc2ccccc2)C(=O)c2ccco2)cc1. The monoisotopic (exact) mass is 376 g/mol. The lowest BCUT2D eigenvalue weighted by molar-refractivity contribution is -0.120. The number of rotatable bonds is 8. The lowest BCUT2D eigenvalue weighted by Crippen LogP contribution is -2.30. The molecule has 2 aromatic carbocycles. The Morgan fingerprint density at radius 2 is 1.68 bits per heavy atom. The molecular weight excluding hydrogens is 352 g/mol. The van der Waals surface area contributed by atoms with Crippen LogP contribution < -0.4 is 10.2 Å². The van der Waals surface area contributed by atoms with Crippen LogP contribution >= 0.6 is 0 Å². The van der Waals surface area contributed by atoms with E-state index >= 15 is 0 Å². The fourth-order valence-corrected chi connectivity index (χ4v) is 2.89. The predicted molar refractivity (Wildman–Crippen MR) is 109 cm³/mol. The molecule has 3 rings (SSSR count). The summed E-state index contributed by atoms with van der Waals surface area (Å²) in [4.78, 5) is 26.5. The van der Waals surface area contributed by atoms with Crippen LogP contribution in [0.4, 0.5) is 5.69 Å². The van der Waals surface area contributed by atoms with Gasteiger partial charge in [-0.05, 0) is 41.8 Å². The molecule has 0 unspecified atom stereocenters. The van der Waals surface area contributed by atoms with E-state index in [0.717, 1.165) is 23.2 Å². The van der Waals surface area contributed by atoms with Crippen molar-refractivity contribution in [2.45, 2.75) is 26.3 Å². The summed E-state index contributed by atoms with van der Waals surface area (Å²) in [7, 11) is 0. The van der Waals surface area contributed by atoms with Crippen molar-refractivity contribution in [2.75, 3.05) is 11.4 Å². The Morgan fingerprint density at radius 1 is 0.929 bits per heavy atom. The number of carbonyl (C=O) groups excluding carboxylic acids is 2. The highest BCUT2D eigenvalue weighted by atomic mass is 16.3. The lowest BCUT2D eigenvalue weighted by Gasteiger charge is -2.22. The molecule has 0 fully saturated rings. The molecule has 1 heterocycles. The molecule has 1 N–H and O–H groups in total. The quantitative estimate of drug-likeness (QED) is 0.641. The van der Waals surface area contributed by atoms with E-state index in [1.807, 2.05) is 61.5 Å².